The topological polar surface area (TPSA) is 43.8 Å². The average Bonchev–Trinajstić information content (AvgIpc) is 2.30. The van der Waals surface area contributed by atoms with Crippen LogP contribution in [0.15, 0.2) is 22.7 Å². The number of hydrogen-bond acceptors (Lipinski definition) is 3. The molecular weight excluding hydrogens is 315 g/mol. The summed E-state index contributed by atoms with van der Waals surface area (Å²) in [6.07, 6.45) is 0. The number of nitrogens with zero attached hydrogens (tertiary/aromatic N) is 2. The van der Waals surface area contributed by atoms with Crippen LogP contribution in [0, 0.1) is 5.82 Å². The number of carboxylic acid groups (broad SMARTS) is 1. The predicted molar refractivity (Wildman–Crippen MR) is 75.6 cm³/mol. The molecule has 0 saturated carbocycles. The number of likely N-dealkylation sites (N-methyl/N-ethyl adjacent to an activating group) is 1. The molecule has 1 N–H and O–H groups in total. The summed E-state index contributed by atoms with van der Waals surface area (Å²) in [5.41, 5.74) is 0.883. The van der Waals surface area contributed by atoms with Gasteiger partial charge in [0.15, 0.2) is 0 Å². The van der Waals surface area contributed by atoms with Crippen molar-refractivity contribution in [2.24, 2.45) is 0 Å². The van der Waals surface area contributed by atoms with Crippen LogP contribution in [0.5, 0.6) is 0 Å². The van der Waals surface area contributed by atoms with Crippen molar-refractivity contribution in [1.29, 1.82) is 0 Å². The van der Waals surface area contributed by atoms with Crippen LogP contribution >= 0.6 is 15.9 Å². The summed E-state index contributed by atoms with van der Waals surface area (Å²) < 4.78 is 13.5. The van der Waals surface area contributed by atoms with E-state index in [0.29, 0.717) is 17.6 Å². The van der Waals surface area contributed by atoms with Crippen molar-refractivity contribution in [3.8, 4) is 0 Å². The predicted octanol–water partition coefficient (Wildman–Crippen LogP) is 2.04. The van der Waals surface area contributed by atoms with Crippen LogP contribution in [0.1, 0.15) is 5.56 Å². The molecule has 1 rings (SSSR count). The highest BCUT2D eigenvalue weighted by Crippen LogP contribution is 2.17. The monoisotopic (exact) mass is 332 g/mol. The second-order valence-electron chi connectivity index (χ2n) is 4.66. The fourth-order valence-electron chi connectivity index (χ4n) is 1.64. The molecule has 0 radical (unpaired) electrons. The smallest absolute Gasteiger partial charge is 0.317 e. The number of carbonyl (C=O) groups is 1. The number of rotatable bonds is 7. The van der Waals surface area contributed by atoms with Crippen LogP contribution in [0.25, 0.3) is 0 Å². The van der Waals surface area contributed by atoms with Crippen molar-refractivity contribution in [2.75, 3.05) is 33.7 Å². The Morgan fingerprint density at radius 3 is 2.58 bits per heavy atom. The van der Waals surface area contributed by atoms with Gasteiger partial charge in [0, 0.05) is 19.6 Å². The van der Waals surface area contributed by atoms with Crippen molar-refractivity contribution >= 4 is 21.9 Å². The van der Waals surface area contributed by atoms with Gasteiger partial charge in [0.25, 0.3) is 0 Å². The highest BCUT2D eigenvalue weighted by atomic mass is 79.9. The minimum absolute atomic E-state index is 0.0250. The molecule has 1 aromatic rings. The zero-order chi connectivity index (χ0) is 14.4. The van der Waals surface area contributed by atoms with E-state index in [0.717, 1.165) is 12.1 Å². The zero-order valence-corrected chi connectivity index (χ0v) is 12.7. The van der Waals surface area contributed by atoms with Gasteiger partial charge in [-0.15, -0.1) is 0 Å². The Hall–Kier alpha value is -0.980. The normalized spacial score (nSPS) is 11.3. The third-order valence-electron chi connectivity index (χ3n) is 2.61. The second kappa shape index (κ2) is 7.57. The molecule has 1 aromatic carbocycles. The summed E-state index contributed by atoms with van der Waals surface area (Å²) in [4.78, 5) is 14.7. The Morgan fingerprint density at radius 1 is 1.37 bits per heavy atom. The Bertz CT molecular complexity index is 441. The van der Waals surface area contributed by atoms with Gasteiger partial charge in [0.2, 0.25) is 0 Å². The highest BCUT2D eigenvalue weighted by molar-refractivity contribution is 9.10. The number of halogens is 2. The van der Waals surface area contributed by atoms with E-state index in [1.165, 1.54) is 6.07 Å². The molecule has 0 heterocycles. The molecule has 6 heteroatoms. The van der Waals surface area contributed by atoms with Crippen LogP contribution in [0.4, 0.5) is 4.39 Å². The van der Waals surface area contributed by atoms with Crippen molar-refractivity contribution in [3.63, 3.8) is 0 Å². The van der Waals surface area contributed by atoms with Crippen molar-refractivity contribution in [2.45, 2.75) is 6.54 Å². The molecule has 0 aliphatic carbocycles. The number of benzene rings is 1. The van der Waals surface area contributed by atoms with E-state index in [-0.39, 0.29) is 12.4 Å². The minimum atomic E-state index is -0.861. The molecule has 0 saturated heterocycles. The molecule has 0 unspecified atom stereocenters. The maximum absolute atomic E-state index is 13.1. The molecule has 0 atom stereocenters. The first-order valence-corrected chi connectivity index (χ1v) is 6.70. The van der Waals surface area contributed by atoms with E-state index in [9.17, 15) is 9.18 Å². The summed E-state index contributed by atoms with van der Waals surface area (Å²) in [5.74, 6) is -1.18. The SMILES string of the molecule is CN(C)CCN(CC(=O)O)Cc1ccc(F)c(Br)c1. The Balaban J connectivity index is 2.69. The van der Waals surface area contributed by atoms with E-state index in [1.807, 2.05) is 23.9 Å². The lowest BCUT2D eigenvalue weighted by molar-refractivity contribution is -0.138. The second-order valence-corrected chi connectivity index (χ2v) is 5.51. The number of hydrogen-bond donors (Lipinski definition) is 1. The Morgan fingerprint density at radius 2 is 2.05 bits per heavy atom. The van der Waals surface area contributed by atoms with Crippen LogP contribution < -0.4 is 0 Å². The first-order chi connectivity index (χ1) is 8.88. The quantitative estimate of drug-likeness (QED) is 0.829. The lowest BCUT2D eigenvalue weighted by Gasteiger charge is -2.22. The highest BCUT2D eigenvalue weighted by Gasteiger charge is 2.11. The third kappa shape index (κ3) is 6.13. The maximum Gasteiger partial charge on any atom is 0.317 e. The van der Waals surface area contributed by atoms with Crippen molar-refractivity contribution in [3.05, 3.63) is 34.1 Å². The first kappa shape index (κ1) is 16.1. The molecular formula is C13H18BrFN2O2. The third-order valence-corrected chi connectivity index (χ3v) is 3.22. The molecule has 4 nitrogen and oxygen atoms in total. The molecule has 0 spiro atoms. The summed E-state index contributed by atoms with van der Waals surface area (Å²) in [7, 11) is 3.88. The fraction of sp³-hybridized carbons (Fsp3) is 0.462. The molecule has 0 fully saturated rings. The van der Waals surface area contributed by atoms with E-state index in [4.69, 9.17) is 5.11 Å². The van der Waals surface area contributed by atoms with Crippen LogP contribution in [-0.4, -0.2) is 54.6 Å². The van der Waals surface area contributed by atoms with Crippen LogP contribution in [0.3, 0.4) is 0 Å². The Kier molecular flexibility index (Phi) is 6.41. The number of carboxylic acids is 1. The Labute approximate surface area is 120 Å². The fourth-order valence-corrected chi connectivity index (χ4v) is 2.07. The van der Waals surface area contributed by atoms with Gasteiger partial charge in [-0.3, -0.25) is 9.69 Å². The molecule has 106 valence electrons. The summed E-state index contributed by atoms with van der Waals surface area (Å²) >= 11 is 3.13. The van der Waals surface area contributed by atoms with Crippen molar-refractivity contribution < 1.29 is 14.3 Å². The standard InChI is InChI=1S/C13H18BrFN2O2/c1-16(2)5-6-17(9-13(18)19)8-10-3-4-12(15)11(14)7-10/h3-4,7H,5-6,8-9H2,1-2H3,(H,18,19). The molecule has 19 heavy (non-hydrogen) atoms. The van der Waals surface area contributed by atoms with Gasteiger partial charge in [0.05, 0.1) is 11.0 Å². The van der Waals surface area contributed by atoms with Crippen molar-refractivity contribution in [1.82, 2.24) is 9.80 Å². The van der Waals surface area contributed by atoms with Gasteiger partial charge < -0.3 is 10.0 Å². The zero-order valence-electron chi connectivity index (χ0n) is 11.1. The van der Waals surface area contributed by atoms with Crippen LogP contribution in [0.2, 0.25) is 0 Å². The summed E-state index contributed by atoms with van der Waals surface area (Å²) in [6, 6.07) is 4.73. The maximum atomic E-state index is 13.1. The molecule has 0 aliphatic rings. The summed E-state index contributed by atoms with van der Waals surface area (Å²) in [5, 5.41) is 8.90. The van der Waals surface area contributed by atoms with Crippen LogP contribution in [-0.2, 0) is 11.3 Å². The van der Waals surface area contributed by atoms with Gasteiger partial charge in [-0.05, 0) is 47.7 Å². The number of aliphatic carboxylic acids is 1. The minimum Gasteiger partial charge on any atom is -0.480 e. The largest absolute Gasteiger partial charge is 0.480 e. The van der Waals surface area contributed by atoms with Gasteiger partial charge in [-0.2, -0.15) is 0 Å². The first-order valence-electron chi connectivity index (χ1n) is 5.91. The molecule has 0 aliphatic heterocycles. The summed E-state index contributed by atoms with van der Waals surface area (Å²) in [6.45, 7) is 1.88. The lowest BCUT2D eigenvalue weighted by atomic mass is 10.2. The average molecular weight is 333 g/mol. The van der Waals surface area contributed by atoms with Gasteiger partial charge in [0.1, 0.15) is 5.82 Å². The lowest BCUT2D eigenvalue weighted by Crippen LogP contribution is -2.35. The molecule has 0 bridgehead atoms. The van der Waals surface area contributed by atoms with E-state index < -0.39 is 5.97 Å². The van der Waals surface area contributed by atoms with Gasteiger partial charge in [-0.25, -0.2) is 4.39 Å². The molecule has 0 aromatic heterocycles. The van der Waals surface area contributed by atoms with Gasteiger partial charge >= 0.3 is 5.97 Å². The molecule has 0 amide bonds. The van der Waals surface area contributed by atoms with E-state index in [1.54, 1.807) is 12.1 Å². The van der Waals surface area contributed by atoms with E-state index in [2.05, 4.69) is 15.9 Å². The van der Waals surface area contributed by atoms with Gasteiger partial charge in [-0.1, -0.05) is 6.07 Å². The van der Waals surface area contributed by atoms with E-state index >= 15 is 0 Å².